The third kappa shape index (κ3) is 4.79. The van der Waals surface area contributed by atoms with Crippen molar-refractivity contribution in [1.82, 2.24) is 10.6 Å². The van der Waals surface area contributed by atoms with Crippen LogP contribution in [0.25, 0.3) is 0 Å². The Morgan fingerprint density at radius 2 is 1.90 bits per heavy atom. The lowest BCUT2D eigenvalue weighted by Crippen LogP contribution is -2.45. The molecule has 0 bridgehead atoms. The first-order valence-electron chi connectivity index (χ1n) is 6.84. The molecule has 1 aromatic carbocycles. The summed E-state index contributed by atoms with van der Waals surface area (Å²) in [5.41, 5.74) is 0.551. The second kappa shape index (κ2) is 7.52. The molecule has 21 heavy (non-hydrogen) atoms. The van der Waals surface area contributed by atoms with Crippen molar-refractivity contribution in [2.45, 2.75) is 31.7 Å². The normalized spacial score (nSPS) is 14.8. The van der Waals surface area contributed by atoms with Gasteiger partial charge in [0.25, 0.3) is 0 Å². The van der Waals surface area contributed by atoms with Gasteiger partial charge in [-0.2, -0.15) is 0 Å². The molecule has 0 heterocycles. The molecule has 1 saturated carbocycles. The maximum Gasteiger partial charge on any atom is 0.321 e. The largest absolute Gasteiger partial charge is 0.375 e. The fourth-order valence-corrected chi connectivity index (χ4v) is 2.65. The molecule has 0 unspecified atom stereocenters. The van der Waals surface area contributed by atoms with Gasteiger partial charge in [0, 0.05) is 6.04 Å². The van der Waals surface area contributed by atoms with Gasteiger partial charge in [-0.05, 0) is 25.0 Å². The molecule has 1 fully saturated rings. The Kier molecular flexibility index (Phi) is 5.70. The average molecular weight is 330 g/mol. The van der Waals surface area contributed by atoms with E-state index in [-0.39, 0.29) is 12.6 Å². The first-order chi connectivity index (χ1) is 10.1. The minimum atomic E-state index is -0.453. The van der Waals surface area contributed by atoms with Crippen LogP contribution in [-0.2, 0) is 4.79 Å². The number of nitrogens with one attached hydrogen (secondary N) is 3. The molecule has 0 saturated heterocycles. The zero-order valence-corrected chi connectivity index (χ0v) is 12.9. The van der Waals surface area contributed by atoms with Crippen molar-refractivity contribution in [2.24, 2.45) is 0 Å². The highest BCUT2D eigenvalue weighted by atomic mass is 35.5. The van der Waals surface area contributed by atoms with Crippen LogP contribution in [0.15, 0.2) is 18.2 Å². The van der Waals surface area contributed by atoms with Crippen LogP contribution in [0.1, 0.15) is 25.7 Å². The van der Waals surface area contributed by atoms with E-state index in [4.69, 9.17) is 23.2 Å². The predicted molar refractivity (Wildman–Crippen MR) is 83.9 cm³/mol. The van der Waals surface area contributed by atoms with E-state index in [1.165, 1.54) is 0 Å². The van der Waals surface area contributed by atoms with E-state index in [0.29, 0.717) is 15.7 Å². The summed E-state index contributed by atoms with van der Waals surface area (Å²) in [4.78, 5) is 23.3. The summed E-state index contributed by atoms with van der Waals surface area (Å²) >= 11 is 11.9. The Morgan fingerprint density at radius 1 is 1.19 bits per heavy atom. The molecular weight excluding hydrogens is 313 g/mol. The minimum Gasteiger partial charge on any atom is -0.375 e. The molecule has 1 aromatic rings. The van der Waals surface area contributed by atoms with E-state index in [0.717, 1.165) is 25.7 Å². The van der Waals surface area contributed by atoms with E-state index in [9.17, 15) is 9.59 Å². The Labute approximate surface area is 133 Å². The zero-order chi connectivity index (χ0) is 15.2. The number of hydrogen-bond acceptors (Lipinski definition) is 3. The van der Waals surface area contributed by atoms with Gasteiger partial charge in [-0.1, -0.05) is 42.1 Å². The summed E-state index contributed by atoms with van der Waals surface area (Å²) in [6.45, 7) is -0.0574. The van der Waals surface area contributed by atoms with E-state index in [2.05, 4.69) is 16.0 Å². The number of benzene rings is 1. The van der Waals surface area contributed by atoms with Crippen molar-refractivity contribution in [3.05, 3.63) is 28.2 Å². The Bertz CT molecular complexity index is 531. The van der Waals surface area contributed by atoms with Crippen LogP contribution in [0.4, 0.5) is 10.5 Å². The smallest absolute Gasteiger partial charge is 0.321 e. The lowest BCUT2D eigenvalue weighted by Gasteiger charge is -2.13. The third-order valence-corrected chi connectivity index (χ3v) is 4.15. The first kappa shape index (κ1) is 15.9. The van der Waals surface area contributed by atoms with Gasteiger partial charge in [0.1, 0.15) is 0 Å². The van der Waals surface area contributed by atoms with Crippen molar-refractivity contribution in [3.63, 3.8) is 0 Å². The summed E-state index contributed by atoms with van der Waals surface area (Å²) in [5.74, 6) is -0.429. The standard InChI is InChI=1S/C14H17Cl2N3O2/c15-10-6-3-7-11(13(10)16)17-8-12(20)19-14(21)18-9-4-1-2-5-9/h3,6-7,9,17H,1-2,4-5,8H2,(H2,18,19,20,21). The number of hydrogen-bond donors (Lipinski definition) is 3. The Hall–Kier alpha value is -1.46. The molecule has 1 aliphatic carbocycles. The van der Waals surface area contributed by atoms with Gasteiger partial charge in [-0.3, -0.25) is 10.1 Å². The van der Waals surface area contributed by atoms with E-state index in [1.54, 1.807) is 18.2 Å². The molecule has 0 aromatic heterocycles. The van der Waals surface area contributed by atoms with E-state index in [1.807, 2.05) is 0 Å². The molecule has 2 rings (SSSR count). The number of rotatable bonds is 4. The highest BCUT2D eigenvalue weighted by molar-refractivity contribution is 6.43. The Balaban J connectivity index is 1.76. The zero-order valence-electron chi connectivity index (χ0n) is 11.4. The summed E-state index contributed by atoms with van der Waals surface area (Å²) in [5, 5.41) is 8.66. The van der Waals surface area contributed by atoms with Crippen molar-refractivity contribution in [2.75, 3.05) is 11.9 Å². The molecule has 114 valence electrons. The third-order valence-electron chi connectivity index (χ3n) is 3.33. The number of amides is 3. The van der Waals surface area contributed by atoms with Gasteiger partial charge < -0.3 is 10.6 Å². The number of urea groups is 1. The van der Waals surface area contributed by atoms with Crippen molar-refractivity contribution >= 4 is 40.8 Å². The average Bonchev–Trinajstić information content (AvgIpc) is 2.93. The quantitative estimate of drug-likeness (QED) is 0.794. The molecule has 0 aliphatic heterocycles. The van der Waals surface area contributed by atoms with Gasteiger partial charge in [-0.15, -0.1) is 0 Å². The molecule has 3 N–H and O–H groups in total. The van der Waals surface area contributed by atoms with Crippen molar-refractivity contribution in [1.29, 1.82) is 0 Å². The number of carbonyl (C=O) groups excluding carboxylic acids is 2. The topological polar surface area (TPSA) is 70.2 Å². The molecular formula is C14H17Cl2N3O2. The number of anilines is 1. The predicted octanol–water partition coefficient (Wildman–Crippen LogP) is 3.17. The second-order valence-electron chi connectivity index (χ2n) is 4.96. The van der Waals surface area contributed by atoms with Crippen molar-refractivity contribution < 1.29 is 9.59 Å². The summed E-state index contributed by atoms with van der Waals surface area (Å²) < 4.78 is 0. The Morgan fingerprint density at radius 3 is 2.62 bits per heavy atom. The molecule has 1 aliphatic rings. The maximum absolute atomic E-state index is 11.7. The fraction of sp³-hybridized carbons (Fsp3) is 0.429. The lowest BCUT2D eigenvalue weighted by molar-refractivity contribution is -0.118. The van der Waals surface area contributed by atoms with Gasteiger partial charge in [-0.25, -0.2) is 4.79 Å². The van der Waals surface area contributed by atoms with Crippen LogP contribution in [0.2, 0.25) is 10.0 Å². The van der Waals surface area contributed by atoms with Gasteiger partial charge >= 0.3 is 6.03 Å². The summed E-state index contributed by atoms with van der Waals surface area (Å²) in [7, 11) is 0. The van der Waals surface area contributed by atoms with Crippen LogP contribution >= 0.6 is 23.2 Å². The minimum absolute atomic E-state index is 0.0574. The molecule has 0 atom stereocenters. The first-order valence-corrected chi connectivity index (χ1v) is 7.60. The van der Waals surface area contributed by atoms with E-state index >= 15 is 0 Å². The highest BCUT2D eigenvalue weighted by Gasteiger charge is 2.18. The van der Waals surface area contributed by atoms with Gasteiger partial charge in [0.05, 0.1) is 22.3 Å². The fourth-order valence-electron chi connectivity index (χ4n) is 2.28. The molecule has 0 spiro atoms. The highest BCUT2D eigenvalue weighted by Crippen LogP contribution is 2.29. The van der Waals surface area contributed by atoms with Crippen LogP contribution in [-0.4, -0.2) is 24.5 Å². The second-order valence-corrected chi connectivity index (χ2v) is 5.74. The summed E-state index contributed by atoms with van der Waals surface area (Å²) in [6.07, 6.45) is 4.18. The van der Waals surface area contributed by atoms with Crippen molar-refractivity contribution in [3.8, 4) is 0 Å². The monoisotopic (exact) mass is 329 g/mol. The van der Waals surface area contributed by atoms with Crippen LogP contribution in [0.5, 0.6) is 0 Å². The van der Waals surface area contributed by atoms with Crippen LogP contribution < -0.4 is 16.0 Å². The van der Waals surface area contributed by atoms with Crippen LogP contribution in [0, 0.1) is 0 Å². The SMILES string of the molecule is O=C(CNc1cccc(Cl)c1Cl)NC(=O)NC1CCCC1. The van der Waals surface area contributed by atoms with Crippen LogP contribution in [0.3, 0.4) is 0 Å². The molecule has 3 amide bonds. The van der Waals surface area contributed by atoms with E-state index < -0.39 is 11.9 Å². The lowest BCUT2D eigenvalue weighted by atomic mass is 10.2. The molecule has 7 heteroatoms. The summed E-state index contributed by atoms with van der Waals surface area (Å²) in [6, 6.07) is 4.81. The molecule has 5 nitrogen and oxygen atoms in total. The van der Waals surface area contributed by atoms with Gasteiger partial charge in [0.15, 0.2) is 0 Å². The van der Waals surface area contributed by atoms with Gasteiger partial charge in [0.2, 0.25) is 5.91 Å². The number of halogens is 2. The molecule has 0 radical (unpaired) electrons. The maximum atomic E-state index is 11.7. The number of carbonyl (C=O) groups is 2. The number of imide groups is 1.